The lowest BCUT2D eigenvalue weighted by atomic mass is 9.91. The SMILES string of the molecule is COc1cncc(C(=O)N=S2(=O)CC3CC(CN(C(=O)c4cn(C)c(=O)n4C)C3)C2)n1. The number of methoxy groups -OCH3 is 1. The lowest BCUT2D eigenvalue weighted by Gasteiger charge is -2.42. The van der Waals surface area contributed by atoms with Gasteiger partial charge in [-0.1, -0.05) is 0 Å². The fraction of sp³-hybridized carbons (Fsp3) is 0.526. The van der Waals surface area contributed by atoms with Crippen LogP contribution in [-0.4, -0.2) is 71.7 Å². The molecule has 31 heavy (non-hydrogen) atoms. The van der Waals surface area contributed by atoms with Gasteiger partial charge in [0.2, 0.25) is 5.88 Å². The Bertz CT molecular complexity index is 1200. The number of ether oxygens (including phenoxy) is 1. The summed E-state index contributed by atoms with van der Waals surface area (Å²) in [6.07, 6.45) is 5.00. The van der Waals surface area contributed by atoms with Crippen molar-refractivity contribution in [3.05, 3.63) is 40.5 Å². The fourth-order valence-corrected chi connectivity index (χ4v) is 7.01. The second kappa shape index (κ2) is 7.91. The maximum atomic E-state index is 13.4. The van der Waals surface area contributed by atoms with Crippen molar-refractivity contribution in [2.24, 2.45) is 30.3 Å². The minimum absolute atomic E-state index is 0.0143. The summed E-state index contributed by atoms with van der Waals surface area (Å²) in [6, 6.07) is 0. The van der Waals surface area contributed by atoms with Gasteiger partial charge in [-0.05, 0) is 18.3 Å². The Hall–Kier alpha value is -3.02. The molecule has 0 N–H and O–H groups in total. The van der Waals surface area contributed by atoms with Crippen molar-refractivity contribution >= 4 is 21.5 Å². The zero-order chi connectivity index (χ0) is 22.3. The summed E-state index contributed by atoms with van der Waals surface area (Å²) in [5.41, 5.74) is 0.0470. The number of rotatable bonds is 3. The third kappa shape index (κ3) is 4.11. The molecule has 2 aliphatic rings. The van der Waals surface area contributed by atoms with Gasteiger partial charge in [-0.2, -0.15) is 4.36 Å². The van der Waals surface area contributed by atoms with Gasteiger partial charge in [0.05, 0.1) is 29.2 Å². The Balaban J connectivity index is 1.52. The predicted octanol–water partition coefficient (Wildman–Crippen LogP) is -0.0773. The molecule has 2 unspecified atom stereocenters. The van der Waals surface area contributed by atoms with E-state index in [0.29, 0.717) is 18.8 Å². The first-order valence-electron chi connectivity index (χ1n) is 9.83. The number of hydrogen-bond acceptors (Lipinski definition) is 7. The van der Waals surface area contributed by atoms with Crippen molar-refractivity contribution in [2.45, 2.75) is 6.42 Å². The molecule has 11 nitrogen and oxygen atoms in total. The molecule has 2 saturated heterocycles. The summed E-state index contributed by atoms with van der Waals surface area (Å²) in [6.45, 7) is 0.830. The molecule has 2 aromatic heterocycles. The Kier molecular flexibility index (Phi) is 5.42. The summed E-state index contributed by atoms with van der Waals surface area (Å²) in [7, 11) is 1.81. The van der Waals surface area contributed by atoms with Crippen LogP contribution in [0, 0.1) is 11.8 Å². The summed E-state index contributed by atoms with van der Waals surface area (Å²) >= 11 is 0. The highest BCUT2D eigenvalue weighted by molar-refractivity contribution is 7.94. The van der Waals surface area contributed by atoms with Crippen LogP contribution in [0.2, 0.25) is 0 Å². The van der Waals surface area contributed by atoms with E-state index in [1.54, 1.807) is 19.0 Å². The number of aryl methyl sites for hydroxylation is 1. The summed E-state index contributed by atoms with van der Waals surface area (Å²) < 4.78 is 25.1. The molecule has 0 aliphatic carbocycles. The first kappa shape index (κ1) is 21.2. The van der Waals surface area contributed by atoms with Crippen LogP contribution >= 0.6 is 0 Å². The third-order valence-corrected chi connectivity index (χ3v) is 8.16. The second-order valence-corrected chi connectivity index (χ2v) is 10.5. The molecule has 4 heterocycles. The number of aromatic nitrogens is 4. The van der Waals surface area contributed by atoms with E-state index in [0.717, 1.165) is 6.42 Å². The molecule has 2 aromatic rings. The van der Waals surface area contributed by atoms with Gasteiger partial charge in [-0.15, -0.1) is 0 Å². The number of likely N-dealkylation sites (tertiary alicyclic amines) is 1. The molecule has 4 rings (SSSR count). The summed E-state index contributed by atoms with van der Waals surface area (Å²) in [4.78, 5) is 47.1. The average molecular weight is 449 g/mol. The van der Waals surface area contributed by atoms with Crippen LogP contribution < -0.4 is 10.4 Å². The zero-order valence-electron chi connectivity index (χ0n) is 17.6. The first-order valence-corrected chi connectivity index (χ1v) is 11.7. The Morgan fingerprint density at radius 1 is 1.19 bits per heavy atom. The molecule has 12 heteroatoms. The van der Waals surface area contributed by atoms with Crippen molar-refractivity contribution in [1.29, 1.82) is 0 Å². The van der Waals surface area contributed by atoms with Gasteiger partial charge in [0.25, 0.3) is 5.91 Å². The van der Waals surface area contributed by atoms with Gasteiger partial charge >= 0.3 is 11.6 Å². The van der Waals surface area contributed by atoms with Crippen LogP contribution in [0.4, 0.5) is 0 Å². The highest BCUT2D eigenvalue weighted by atomic mass is 32.2. The van der Waals surface area contributed by atoms with Crippen LogP contribution in [0.1, 0.15) is 27.4 Å². The van der Waals surface area contributed by atoms with Crippen molar-refractivity contribution in [3.8, 4) is 5.88 Å². The molecule has 0 spiro atoms. The summed E-state index contributed by atoms with van der Waals surface area (Å²) in [5, 5.41) is 0. The monoisotopic (exact) mass is 448 g/mol. The van der Waals surface area contributed by atoms with Crippen LogP contribution in [0.3, 0.4) is 0 Å². The van der Waals surface area contributed by atoms with Crippen molar-refractivity contribution in [3.63, 3.8) is 0 Å². The lowest BCUT2D eigenvalue weighted by molar-refractivity contribution is 0.0608. The number of fused-ring (bicyclic) bond motifs is 2. The number of amides is 2. The van der Waals surface area contributed by atoms with Crippen LogP contribution in [0.25, 0.3) is 0 Å². The molecule has 2 bridgehead atoms. The molecule has 2 aliphatic heterocycles. The van der Waals surface area contributed by atoms with Crippen molar-refractivity contribution < 1.29 is 18.5 Å². The molecule has 2 amide bonds. The fourth-order valence-electron chi connectivity index (χ4n) is 4.38. The number of carbonyl (C=O) groups excluding carboxylic acids is 2. The van der Waals surface area contributed by atoms with E-state index in [-0.39, 0.29) is 46.5 Å². The van der Waals surface area contributed by atoms with E-state index < -0.39 is 15.6 Å². The largest absolute Gasteiger partial charge is 0.480 e. The zero-order valence-corrected chi connectivity index (χ0v) is 18.4. The Morgan fingerprint density at radius 2 is 1.87 bits per heavy atom. The quantitative estimate of drug-likeness (QED) is 0.642. The smallest absolute Gasteiger partial charge is 0.328 e. The van der Waals surface area contributed by atoms with E-state index in [1.165, 1.54) is 34.8 Å². The first-order chi connectivity index (χ1) is 14.7. The van der Waals surface area contributed by atoms with Gasteiger partial charge in [0, 0.05) is 44.9 Å². The standard InChI is InChI=1S/C19H24N6O5S/c1-23-9-15(24(2)19(23)28)18(27)25-7-12-4-13(8-25)11-31(29,10-12)22-17(26)14-5-20-6-16(21-14)30-3/h5-6,9,12-13H,4,7-8,10-11H2,1-3H3. The Morgan fingerprint density at radius 3 is 2.45 bits per heavy atom. The minimum atomic E-state index is -2.77. The molecule has 2 atom stereocenters. The highest BCUT2D eigenvalue weighted by Crippen LogP contribution is 2.32. The van der Waals surface area contributed by atoms with E-state index in [1.807, 2.05) is 0 Å². The molecule has 0 saturated carbocycles. The topological polar surface area (TPSA) is 129 Å². The molecule has 0 radical (unpaired) electrons. The highest BCUT2D eigenvalue weighted by Gasteiger charge is 2.39. The van der Waals surface area contributed by atoms with Gasteiger partial charge in [-0.25, -0.2) is 14.0 Å². The average Bonchev–Trinajstić information content (AvgIpc) is 2.99. The second-order valence-electron chi connectivity index (χ2n) is 8.09. The van der Waals surface area contributed by atoms with Crippen molar-refractivity contribution in [2.75, 3.05) is 31.7 Å². The lowest BCUT2D eigenvalue weighted by Crippen LogP contribution is -2.51. The normalized spacial score (nSPS) is 25.2. The maximum absolute atomic E-state index is 13.4. The molecule has 166 valence electrons. The van der Waals surface area contributed by atoms with E-state index in [9.17, 15) is 18.6 Å². The van der Waals surface area contributed by atoms with Crippen LogP contribution in [0.5, 0.6) is 5.88 Å². The van der Waals surface area contributed by atoms with Crippen LogP contribution in [0.15, 0.2) is 27.7 Å². The van der Waals surface area contributed by atoms with Gasteiger partial charge in [0.15, 0.2) is 5.69 Å². The van der Waals surface area contributed by atoms with E-state index >= 15 is 0 Å². The summed E-state index contributed by atoms with van der Waals surface area (Å²) in [5.74, 6) is -0.295. The number of imidazole rings is 1. The van der Waals surface area contributed by atoms with Gasteiger partial charge < -0.3 is 14.2 Å². The predicted molar refractivity (Wildman–Crippen MR) is 111 cm³/mol. The van der Waals surface area contributed by atoms with E-state index in [2.05, 4.69) is 14.3 Å². The molecule has 0 aromatic carbocycles. The Labute approximate surface area is 179 Å². The van der Waals surface area contributed by atoms with Gasteiger partial charge in [0.1, 0.15) is 5.69 Å². The minimum Gasteiger partial charge on any atom is -0.480 e. The number of piperidine rings is 1. The number of carbonyl (C=O) groups is 2. The van der Waals surface area contributed by atoms with E-state index in [4.69, 9.17) is 4.74 Å². The molecular weight excluding hydrogens is 424 g/mol. The van der Waals surface area contributed by atoms with Crippen molar-refractivity contribution in [1.82, 2.24) is 24.0 Å². The third-order valence-electron chi connectivity index (χ3n) is 5.68. The number of nitrogens with zero attached hydrogens (tertiary/aromatic N) is 6. The van der Waals surface area contributed by atoms with Crippen LogP contribution in [-0.2, 0) is 23.8 Å². The van der Waals surface area contributed by atoms with Gasteiger partial charge in [-0.3, -0.25) is 19.1 Å². The maximum Gasteiger partial charge on any atom is 0.328 e. The molecule has 2 fully saturated rings. The number of hydrogen-bond donors (Lipinski definition) is 0. The molecular formula is C19H24N6O5S.